The van der Waals surface area contributed by atoms with Crippen LogP contribution in [0.3, 0.4) is 0 Å². The number of benzene rings is 1. The normalized spacial score (nSPS) is 12.5. The van der Waals surface area contributed by atoms with E-state index in [0.717, 1.165) is 5.56 Å². The second-order valence-corrected chi connectivity index (χ2v) is 3.80. The highest BCUT2D eigenvalue weighted by Crippen LogP contribution is 2.25. The molecule has 0 amide bonds. The van der Waals surface area contributed by atoms with E-state index in [1.165, 1.54) is 12.1 Å². The monoisotopic (exact) mass is 272 g/mol. The minimum Gasteiger partial charge on any atom is -0.406 e. The summed E-state index contributed by atoms with van der Waals surface area (Å²) >= 11 is 0. The summed E-state index contributed by atoms with van der Waals surface area (Å²) in [4.78, 5) is 0. The van der Waals surface area contributed by atoms with Gasteiger partial charge in [0.2, 0.25) is 0 Å². The van der Waals surface area contributed by atoms with Crippen LogP contribution in [0.1, 0.15) is 31.4 Å². The van der Waals surface area contributed by atoms with Gasteiger partial charge in [0.05, 0.1) is 0 Å². The van der Waals surface area contributed by atoms with Gasteiger partial charge < -0.3 is 4.74 Å². The van der Waals surface area contributed by atoms with Crippen molar-refractivity contribution in [3.63, 3.8) is 0 Å². The van der Waals surface area contributed by atoms with Crippen molar-refractivity contribution in [2.45, 2.75) is 32.2 Å². The Balaban J connectivity index is 2.69. The Labute approximate surface area is 109 Å². The van der Waals surface area contributed by atoms with Crippen LogP contribution in [0.4, 0.5) is 13.2 Å². The highest BCUT2D eigenvalue weighted by Gasteiger charge is 2.31. The van der Waals surface area contributed by atoms with Crippen LogP contribution in [0, 0.1) is 11.8 Å². The molecule has 0 saturated heterocycles. The van der Waals surface area contributed by atoms with E-state index >= 15 is 0 Å². The maximum atomic E-state index is 12.0. The molecule has 1 aromatic rings. The fourth-order valence-corrected chi connectivity index (χ4v) is 1.59. The van der Waals surface area contributed by atoms with Gasteiger partial charge in [0.1, 0.15) is 5.75 Å². The average molecular weight is 272 g/mol. The van der Waals surface area contributed by atoms with Gasteiger partial charge in [-0.15, -0.1) is 25.0 Å². The Morgan fingerprint density at radius 2 is 1.95 bits per heavy atom. The minimum absolute atomic E-state index is 0.152. The molecule has 6 heteroatoms. The zero-order valence-corrected chi connectivity index (χ0v) is 10.4. The van der Waals surface area contributed by atoms with E-state index in [1.54, 1.807) is 19.1 Å². The first kappa shape index (κ1) is 15.3. The molecule has 0 heterocycles. The van der Waals surface area contributed by atoms with Crippen molar-refractivity contribution in [3.05, 3.63) is 29.8 Å². The molecule has 0 saturated carbocycles. The Morgan fingerprint density at radius 1 is 1.32 bits per heavy atom. The standard InChI is InChI=1S/C13H15F3N2O/c1-2-3-4-5-12(18-17)10-6-8-11(9-7-10)19-13(14,15)16/h6-9,12,18H,4-5,17H2,1H3. The molecular formula is C13H15F3N2O. The Kier molecular flexibility index (Phi) is 5.67. The maximum absolute atomic E-state index is 12.0. The van der Waals surface area contributed by atoms with Gasteiger partial charge in [-0.25, -0.2) is 0 Å². The van der Waals surface area contributed by atoms with Gasteiger partial charge in [-0.2, -0.15) is 0 Å². The molecule has 1 unspecified atom stereocenters. The molecule has 0 fully saturated rings. The summed E-state index contributed by atoms with van der Waals surface area (Å²) in [6, 6.07) is 5.47. The van der Waals surface area contributed by atoms with E-state index in [2.05, 4.69) is 22.0 Å². The lowest BCUT2D eigenvalue weighted by molar-refractivity contribution is -0.274. The molecular weight excluding hydrogens is 257 g/mol. The number of alkyl halides is 3. The highest BCUT2D eigenvalue weighted by molar-refractivity contribution is 5.29. The molecule has 0 aliphatic carbocycles. The van der Waals surface area contributed by atoms with Crippen molar-refractivity contribution in [1.29, 1.82) is 0 Å². The summed E-state index contributed by atoms with van der Waals surface area (Å²) in [5.41, 5.74) is 3.40. The molecule has 0 bridgehead atoms. The van der Waals surface area contributed by atoms with E-state index in [0.29, 0.717) is 12.8 Å². The zero-order chi connectivity index (χ0) is 14.3. The van der Waals surface area contributed by atoms with Crippen molar-refractivity contribution < 1.29 is 17.9 Å². The Morgan fingerprint density at radius 3 is 2.42 bits per heavy atom. The lowest BCUT2D eigenvalue weighted by Crippen LogP contribution is -2.27. The van der Waals surface area contributed by atoms with E-state index in [1.807, 2.05) is 0 Å². The van der Waals surface area contributed by atoms with E-state index in [-0.39, 0.29) is 11.8 Å². The number of hydrazine groups is 1. The Hall–Kier alpha value is -1.71. The van der Waals surface area contributed by atoms with Crippen molar-refractivity contribution in [2.24, 2.45) is 5.84 Å². The first-order valence-corrected chi connectivity index (χ1v) is 5.67. The van der Waals surface area contributed by atoms with Crippen LogP contribution < -0.4 is 16.0 Å². The fourth-order valence-electron chi connectivity index (χ4n) is 1.59. The SMILES string of the molecule is CC#CCCC(NN)c1ccc(OC(F)(F)F)cc1. The maximum Gasteiger partial charge on any atom is 0.573 e. The second kappa shape index (κ2) is 7.02. The van der Waals surface area contributed by atoms with Gasteiger partial charge in [0.25, 0.3) is 0 Å². The predicted molar refractivity (Wildman–Crippen MR) is 65.9 cm³/mol. The third kappa shape index (κ3) is 5.64. The van der Waals surface area contributed by atoms with Gasteiger partial charge >= 0.3 is 6.36 Å². The number of nitrogens with one attached hydrogen (secondary N) is 1. The first-order valence-electron chi connectivity index (χ1n) is 5.67. The summed E-state index contributed by atoms with van der Waals surface area (Å²) in [6.07, 6.45) is -3.34. The Bertz CT molecular complexity index is 446. The third-order valence-electron chi connectivity index (χ3n) is 2.45. The van der Waals surface area contributed by atoms with Gasteiger partial charge in [-0.3, -0.25) is 11.3 Å². The lowest BCUT2D eigenvalue weighted by atomic mass is 10.0. The number of ether oxygens (including phenoxy) is 1. The van der Waals surface area contributed by atoms with Crippen molar-refractivity contribution in [3.8, 4) is 17.6 Å². The van der Waals surface area contributed by atoms with E-state index in [9.17, 15) is 13.2 Å². The molecule has 0 spiro atoms. The van der Waals surface area contributed by atoms with Crippen molar-refractivity contribution in [2.75, 3.05) is 0 Å². The summed E-state index contributed by atoms with van der Waals surface area (Å²) < 4.78 is 39.8. The average Bonchev–Trinajstić information content (AvgIpc) is 2.34. The molecule has 0 radical (unpaired) electrons. The molecule has 1 atom stereocenters. The third-order valence-corrected chi connectivity index (χ3v) is 2.45. The van der Waals surface area contributed by atoms with Gasteiger partial charge in [-0.05, 0) is 31.0 Å². The summed E-state index contributed by atoms with van der Waals surface area (Å²) in [7, 11) is 0. The number of hydrogen-bond donors (Lipinski definition) is 2. The van der Waals surface area contributed by atoms with Crippen molar-refractivity contribution in [1.82, 2.24) is 5.43 Å². The second-order valence-electron chi connectivity index (χ2n) is 3.80. The van der Waals surface area contributed by atoms with Crippen LogP contribution in [0.15, 0.2) is 24.3 Å². The van der Waals surface area contributed by atoms with Crippen LogP contribution in [0.25, 0.3) is 0 Å². The van der Waals surface area contributed by atoms with Gasteiger partial charge in [0, 0.05) is 12.5 Å². The molecule has 0 aliphatic rings. The fraction of sp³-hybridized carbons (Fsp3) is 0.385. The smallest absolute Gasteiger partial charge is 0.406 e. The van der Waals surface area contributed by atoms with E-state index < -0.39 is 6.36 Å². The van der Waals surface area contributed by atoms with Crippen molar-refractivity contribution >= 4 is 0 Å². The molecule has 19 heavy (non-hydrogen) atoms. The molecule has 0 aliphatic heterocycles. The number of hydrogen-bond acceptors (Lipinski definition) is 3. The molecule has 1 aromatic carbocycles. The first-order chi connectivity index (χ1) is 8.96. The lowest BCUT2D eigenvalue weighted by Gasteiger charge is -2.16. The van der Waals surface area contributed by atoms with E-state index in [4.69, 9.17) is 5.84 Å². The number of rotatable bonds is 5. The number of nitrogens with two attached hydrogens (primary N) is 1. The quantitative estimate of drug-likeness (QED) is 0.492. The zero-order valence-electron chi connectivity index (χ0n) is 10.4. The van der Waals surface area contributed by atoms with Crippen LogP contribution in [-0.4, -0.2) is 6.36 Å². The molecule has 3 nitrogen and oxygen atoms in total. The van der Waals surface area contributed by atoms with Crippen LogP contribution in [0.2, 0.25) is 0 Å². The molecule has 1 rings (SSSR count). The highest BCUT2D eigenvalue weighted by atomic mass is 19.4. The van der Waals surface area contributed by atoms with Gasteiger partial charge in [-0.1, -0.05) is 12.1 Å². The topological polar surface area (TPSA) is 47.3 Å². The summed E-state index contributed by atoms with van der Waals surface area (Å²) in [5, 5.41) is 0. The van der Waals surface area contributed by atoms with Crippen LogP contribution >= 0.6 is 0 Å². The largest absolute Gasteiger partial charge is 0.573 e. The summed E-state index contributed by atoms with van der Waals surface area (Å²) in [6.45, 7) is 1.74. The molecule has 104 valence electrons. The van der Waals surface area contributed by atoms with Crippen LogP contribution in [-0.2, 0) is 0 Å². The molecule has 3 N–H and O–H groups in total. The minimum atomic E-state index is -4.68. The number of halogens is 3. The predicted octanol–water partition coefficient (Wildman–Crippen LogP) is 2.89. The van der Waals surface area contributed by atoms with Crippen LogP contribution in [0.5, 0.6) is 5.75 Å². The molecule has 0 aromatic heterocycles. The van der Waals surface area contributed by atoms with Gasteiger partial charge in [0.15, 0.2) is 0 Å². The summed E-state index contributed by atoms with van der Waals surface area (Å²) in [5.74, 6) is 10.8.